The molecule has 2 aromatic heterocycles. The number of benzene rings is 3. The fourth-order valence-electron chi connectivity index (χ4n) is 5.56. The third-order valence-electron chi connectivity index (χ3n) is 8.05. The van der Waals surface area contributed by atoms with Gasteiger partial charge >= 0.3 is 0 Å². The van der Waals surface area contributed by atoms with E-state index >= 15 is 0 Å². The Balaban J connectivity index is 1.38. The van der Waals surface area contributed by atoms with Crippen LogP contribution in [0.2, 0.25) is 0 Å². The Morgan fingerprint density at radius 3 is 2.02 bits per heavy atom. The van der Waals surface area contributed by atoms with E-state index in [1.54, 1.807) is 14.2 Å². The van der Waals surface area contributed by atoms with Gasteiger partial charge in [0.2, 0.25) is 5.95 Å². The Labute approximate surface area is 269 Å². The first kappa shape index (κ1) is 31.2. The molecule has 11 nitrogen and oxygen atoms in total. The van der Waals surface area contributed by atoms with Crippen LogP contribution in [0.15, 0.2) is 91.3 Å². The molecule has 6 rings (SSSR count). The maximum atomic E-state index is 6.85. The predicted octanol–water partition coefficient (Wildman–Crippen LogP) is 5.01. The SMILES string of the molecule is COc1ccc(CO[C@@H]([C@H](OCc2ccc(OC)cc2)c2cnc(N(C)C)nc2)[C@@H]2CNCc3c(-c4ccccc4)nnn32)cc1. The number of methoxy groups -OCH3 is 2. The van der Waals surface area contributed by atoms with Crippen molar-refractivity contribution in [2.24, 2.45) is 0 Å². The van der Waals surface area contributed by atoms with Gasteiger partial charge in [-0.3, -0.25) is 0 Å². The van der Waals surface area contributed by atoms with E-state index in [1.807, 2.05) is 103 Å². The van der Waals surface area contributed by atoms with Gasteiger partial charge in [-0.1, -0.05) is 59.8 Å². The van der Waals surface area contributed by atoms with Crippen molar-refractivity contribution in [3.63, 3.8) is 0 Å². The maximum absolute atomic E-state index is 6.85. The van der Waals surface area contributed by atoms with Crippen LogP contribution in [-0.2, 0) is 29.2 Å². The lowest BCUT2D eigenvalue weighted by atomic mass is 9.97. The van der Waals surface area contributed by atoms with E-state index < -0.39 is 12.2 Å². The van der Waals surface area contributed by atoms with Gasteiger partial charge in [-0.15, -0.1) is 5.10 Å². The van der Waals surface area contributed by atoms with Crippen molar-refractivity contribution >= 4 is 5.95 Å². The number of rotatable bonds is 13. The summed E-state index contributed by atoms with van der Waals surface area (Å²) in [5.74, 6) is 2.19. The molecule has 0 unspecified atom stereocenters. The first-order valence-electron chi connectivity index (χ1n) is 15.2. The molecule has 0 radical (unpaired) electrons. The summed E-state index contributed by atoms with van der Waals surface area (Å²) in [4.78, 5) is 11.1. The quantitative estimate of drug-likeness (QED) is 0.193. The van der Waals surface area contributed by atoms with Crippen molar-refractivity contribution in [2.45, 2.75) is 38.0 Å². The minimum Gasteiger partial charge on any atom is -0.497 e. The van der Waals surface area contributed by atoms with Crippen LogP contribution in [-0.4, -0.2) is 65.9 Å². The van der Waals surface area contributed by atoms with Crippen molar-refractivity contribution in [3.05, 3.63) is 114 Å². The van der Waals surface area contributed by atoms with E-state index in [9.17, 15) is 0 Å². The van der Waals surface area contributed by atoms with Crippen LogP contribution in [0.3, 0.4) is 0 Å². The molecule has 0 aliphatic carbocycles. The van der Waals surface area contributed by atoms with Gasteiger partial charge in [0, 0.05) is 50.7 Å². The molecule has 0 saturated carbocycles. The van der Waals surface area contributed by atoms with E-state index in [2.05, 4.69) is 37.7 Å². The normalized spacial score (nSPS) is 15.5. The number of nitrogens with one attached hydrogen (secondary N) is 1. The Morgan fingerprint density at radius 1 is 0.826 bits per heavy atom. The molecule has 0 spiro atoms. The molecule has 0 saturated heterocycles. The van der Waals surface area contributed by atoms with Crippen molar-refractivity contribution in [1.29, 1.82) is 0 Å². The van der Waals surface area contributed by atoms with Crippen LogP contribution in [0.5, 0.6) is 11.5 Å². The molecule has 238 valence electrons. The monoisotopic (exact) mass is 621 g/mol. The van der Waals surface area contributed by atoms with Gasteiger partial charge in [-0.2, -0.15) is 0 Å². The highest BCUT2D eigenvalue weighted by Gasteiger charge is 2.38. The lowest BCUT2D eigenvalue weighted by molar-refractivity contribution is -0.112. The van der Waals surface area contributed by atoms with E-state index in [-0.39, 0.29) is 6.04 Å². The Morgan fingerprint density at radius 2 is 1.43 bits per heavy atom. The third kappa shape index (κ3) is 7.02. The van der Waals surface area contributed by atoms with Crippen LogP contribution in [0.4, 0.5) is 5.95 Å². The summed E-state index contributed by atoms with van der Waals surface area (Å²) in [5, 5.41) is 12.9. The van der Waals surface area contributed by atoms with E-state index in [1.165, 1.54) is 0 Å². The molecule has 1 N–H and O–H groups in total. The van der Waals surface area contributed by atoms with Gasteiger partial charge in [0.15, 0.2) is 0 Å². The van der Waals surface area contributed by atoms with Crippen molar-refractivity contribution < 1.29 is 18.9 Å². The van der Waals surface area contributed by atoms with Gasteiger partial charge in [-0.05, 0) is 35.4 Å². The van der Waals surface area contributed by atoms with E-state index in [4.69, 9.17) is 18.9 Å². The third-order valence-corrected chi connectivity index (χ3v) is 8.05. The molecule has 1 aliphatic heterocycles. The maximum Gasteiger partial charge on any atom is 0.224 e. The number of hydrogen-bond acceptors (Lipinski definition) is 10. The molecular formula is C35H39N7O4. The summed E-state index contributed by atoms with van der Waals surface area (Å²) in [7, 11) is 7.14. The number of ether oxygens (including phenoxy) is 4. The Hall–Kier alpha value is -4.84. The molecule has 0 bridgehead atoms. The first-order chi connectivity index (χ1) is 22.5. The second kappa shape index (κ2) is 14.5. The van der Waals surface area contributed by atoms with Crippen LogP contribution < -0.4 is 19.7 Å². The first-order valence-corrected chi connectivity index (χ1v) is 15.2. The molecule has 0 fully saturated rings. The summed E-state index contributed by atoms with van der Waals surface area (Å²) in [6.45, 7) is 1.93. The molecule has 46 heavy (non-hydrogen) atoms. The fraction of sp³-hybridized carbons (Fsp3) is 0.314. The lowest BCUT2D eigenvalue weighted by Gasteiger charge is -2.36. The summed E-state index contributed by atoms with van der Waals surface area (Å²) in [6.07, 6.45) is 2.60. The molecular weight excluding hydrogens is 582 g/mol. The Kier molecular flexibility index (Phi) is 9.82. The number of anilines is 1. The highest BCUT2D eigenvalue weighted by Crippen LogP contribution is 2.36. The number of hydrogen-bond donors (Lipinski definition) is 1. The molecule has 11 heteroatoms. The van der Waals surface area contributed by atoms with Gasteiger partial charge < -0.3 is 29.2 Å². The number of nitrogens with zero attached hydrogens (tertiary/aromatic N) is 6. The number of fused-ring (bicyclic) bond motifs is 1. The van der Waals surface area contributed by atoms with Crippen molar-refractivity contribution in [1.82, 2.24) is 30.3 Å². The Bertz CT molecular complexity index is 1680. The van der Waals surface area contributed by atoms with Crippen LogP contribution in [0.1, 0.15) is 34.5 Å². The van der Waals surface area contributed by atoms with Gasteiger partial charge in [0.25, 0.3) is 0 Å². The minimum atomic E-state index is -0.543. The molecule has 5 aromatic rings. The summed E-state index contributed by atoms with van der Waals surface area (Å²) >= 11 is 0. The van der Waals surface area contributed by atoms with Gasteiger partial charge in [-0.25, -0.2) is 14.6 Å². The highest BCUT2D eigenvalue weighted by molar-refractivity contribution is 5.61. The van der Waals surface area contributed by atoms with Gasteiger partial charge in [0.1, 0.15) is 29.4 Å². The van der Waals surface area contributed by atoms with Crippen molar-refractivity contribution in [2.75, 3.05) is 39.8 Å². The predicted molar refractivity (Wildman–Crippen MR) is 175 cm³/mol. The van der Waals surface area contributed by atoms with Gasteiger partial charge in [0.05, 0.1) is 39.2 Å². The topological polar surface area (TPSA) is 109 Å². The second-order valence-corrected chi connectivity index (χ2v) is 11.3. The molecule has 3 atom stereocenters. The molecule has 1 aliphatic rings. The molecule has 0 amide bonds. The molecule has 3 heterocycles. The summed E-state index contributed by atoms with van der Waals surface area (Å²) in [6, 6.07) is 25.6. The molecule has 3 aromatic carbocycles. The zero-order chi connectivity index (χ0) is 31.9. The average Bonchev–Trinajstić information content (AvgIpc) is 3.55. The van der Waals surface area contributed by atoms with Crippen LogP contribution in [0.25, 0.3) is 11.3 Å². The fourth-order valence-corrected chi connectivity index (χ4v) is 5.56. The zero-order valence-electron chi connectivity index (χ0n) is 26.5. The summed E-state index contributed by atoms with van der Waals surface area (Å²) < 4.78 is 26.3. The lowest BCUT2D eigenvalue weighted by Crippen LogP contribution is -2.44. The second-order valence-electron chi connectivity index (χ2n) is 11.3. The van der Waals surface area contributed by atoms with E-state index in [0.717, 1.165) is 45.1 Å². The van der Waals surface area contributed by atoms with Crippen molar-refractivity contribution in [3.8, 4) is 22.8 Å². The summed E-state index contributed by atoms with van der Waals surface area (Å²) in [5.41, 5.74) is 5.66. The van der Waals surface area contributed by atoms with Crippen LogP contribution in [0, 0.1) is 0 Å². The van der Waals surface area contributed by atoms with E-state index in [0.29, 0.717) is 32.3 Å². The smallest absolute Gasteiger partial charge is 0.224 e. The zero-order valence-corrected chi connectivity index (χ0v) is 26.5. The standard InChI is InChI=1S/C35H39N7O4/c1-41(2)35-37-18-27(19-38-35)33(45-22-24-10-14-28(43-3)15-11-24)34(46-23-25-12-16-29(44-4)17-13-25)31-21-36-20-30-32(39-40-42(30)31)26-8-6-5-7-9-26/h5-19,31,33-34,36H,20-23H2,1-4H3/t31-,33+,34+/m0/s1. The number of aromatic nitrogens is 5. The van der Waals surface area contributed by atoms with Crippen LogP contribution >= 0.6 is 0 Å². The minimum absolute atomic E-state index is 0.249. The highest BCUT2D eigenvalue weighted by atomic mass is 16.5. The average molecular weight is 622 g/mol. The largest absolute Gasteiger partial charge is 0.497 e.